The molecule has 9 heteroatoms. The van der Waals surface area contributed by atoms with Crippen molar-refractivity contribution in [3.8, 4) is 0 Å². The number of piperidine rings is 1. The van der Waals surface area contributed by atoms with Crippen LogP contribution in [0.15, 0.2) is 85.7 Å². The van der Waals surface area contributed by atoms with Crippen LogP contribution in [-0.4, -0.2) is 43.1 Å². The van der Waals surface area contributed by atoms with Gasteiger partial charge in [-0.1, -0.05) is 60.5 Å². The van der Waals surface area contributed by atoms with E-state index < -0.39 is 15.4 Å². The minimum Gasteiger partial charge on any atom is -0.329 e. The monoisotopic (exact) mass is 611 g/mol. The molecule has 4 atom stereocenters. The van der Waals surface area contributed by atoms with Gasteiger partial charge in [-0.25, -0.2) is 8.42 Å². The number of allylic oxidation sites excluding steroid dienone is 1. The topological polar surface area (TPSA) is 70.6 Å². The maximum atomic E-state index is 14.7. The van der Waals surface area contributed by atoms with E-state index in [1.165, 1.54) is 10.6 Å². The molecule has 1 amide bonds. The second-order valence-electron chi connectivity index (χ2n) is 11.5. The highest BCUT2D eigenvalue weighted by molar-refractivity contribution is 7.92. The van der Waals surface area contributed by atoms with E-state index in [1.807, 2.05) is 54.3 Å². The van der Waals surface area contributed by atoms with Crippen molar-refractivity contribution in [2.24, 2.45) is 11.3 Å². The summed E-state index contributed by atoms with van der Waals surface area (Å²) in [5.41, 5.74) is 1.74. The first-order chi connectivity index (χ1) is 19.5. The maximum absolute atomic E-state index is 14.7. The quantitative estimate of drug-likeness (QED) is 0.226. The molecule has 1 saturated carbocycles. The highest BCUT2D eigenvalue weighted by Gasteiger charge is 2.54. The van der Waals surface area contributed by atoms with Crippen molar-refractivity contribution >= 4 is 44.8 Å². The number of likely N-dealkylation sites (tertiary alicyclic amines) is 1. The fraction of sp³-hybridized carbons (Fsp3) is 0.375. The highest BCUT2D eigenvalue weighted by Crippen LogP contribution is 2.54. The van der Waals surface area contributed by atoms with Gasteiger partial charge in [0.15, 0.2) is 0 Å². The molecule has 41 heavy (non-hydrogen) atoms. The van der Waals surface area contributed by atoms with E-state index in [4.69, 9.17) is 23.2 Å². The number of hydrogen-bond donors (Lipinski definition) is 0. The highest BCUT2D eigenvalue weighted by atomic mass is 35.5. The Morgan fingerprint density at radius 3 is 2.41 bits per heavy atom. The van der Waals surface area contributed by atoms with Crippen LogP contribution in [-0.2, 0) is 14.8 Å². The number of nitrogens with zero attached hydrogens (tertiary/aromatic N) is 3. The molecule has 5 rings (SSSR count). The molecule has 2 heterocycles. The van der Waals surface area contributed by atoms with Gasteiger partial charge in [0.2, 0.25) is 15.9 Å². The lowest BCUT2D eigenvalue weighted by molar-refractivity contribution is -0.154. The van der Waals surface area contributed by atoms with Crippen molar-refractivity contribution in [3.05, 3.63) is 107 Å². The van der Waals surface area contributed by atoms with E-state index >= 15 is 0 Å². The Kier molecular flexibility index (Phi) is 8.51. The molecule has 6 nitrogen and oxygen atoms in total. The number of sulfonamides is 1. The van der Waals surface area contributed by atoms with Crippen molar-refractivity contribution in [3.63, 3.8) is 0 Å². The molecule has 2 aliphatic rings. The van der Waals surface area contributed by atoms with Crippen LogP contribution in [0, 0.1) is 11.3 Å². The fourth-order valence-corrected chi connectivity index (χ4v) is 7.54. The van der Waals surface area contributed by atoms with Gasteiger partial charge >= 0.3 is 0 Å². The van der Waals surface area contributed by atoms with Crippen LogP contribution in [0.3, 0.4) is 0 Å². The van der Waals surface area contributed by atoms with Crippen molar-refractivity contribution in [2.75, 3.05) is 17.1 Å². The zero-order valence-electron chi connectivity index (χ0n) is 23.3. The first-order valence-electron chi connectivity index (χ1n) is 13.8. The smallest absolute Gasteiger partial charge is 0.232 e. The molecule has 216 valence electrons. The van der Waals surface area contributed by atoms with Gasteiger partial charge in [0.1, 0.15) is 0 Å². The molecule has 0 unspecified atom stereocenters. The van der Waals surface area contributed by atoms with Gasteiger partial charge in [-0.3, -0.25) is 14.1 Å². The molecular weight excluding hydrogens is 577 g/mol. The van der Waals surface area contributed by atoms with Crippen LogP contribution in [0.1, 0.15) is 55.7 Å². The number of aromatic nitrogens is 1. The van der Waals surface area contributed by atoms with Gasteiger partial charge in [-0.15, -0.1) is 6.58 Å². The normalized spacial score (nSPS) is 23.7. The van der Waals surface area contributed by atoms with Gasteiger partial charge in [-0.05, 0) is 79.1 Å². The predicted octanol–water partition coefficient (Wildman–Crippen LogP) is 7.27. The van der Waals surface area contributed by atoms with E-state index in [-0.39, 0.29) is 36.4 Å². The van der Waals surface area contributed by atoms with Crippen LogP contribution in [0.25, 0.3) is 0 Å². The number of benzene rings is 2. The molecule has 0 N–H and O–H groups in total. The molecule has 0 bridgehead atoms. The van der Waals surface area contributed by atoms with Crippen LogP contribution in [0.5, 0.6) is 0 Å². The Labute approximate surface area is 253 Å². The number of pyridine rings is 1. The third-order valence-corrected chi connectivity index (χ3v) is 10.0. The van der Waals surface area contributed by atoms with Gasteiger partial charge in [-0.2, -0.15) is 0 Å². The van der Waals surface area contributed by atoms with Crippen LogP contribution in [0.2, 0.25) is 10.0 Å². The summed E-state index contributed by atoms with van der Waals surface area (Å²) >= 11 is 12.8. The summed E-state index contributed by atoms with van der Waals surface area (Å²) in [5, 5.41) is 1.24. The van der Waals surface area contributed by atoms with E-state index in [2.05, 4.69) is 17.6 Å². The van der Waals surface area contributed by atoms with Crippen LogP contribution < -0.4 is 4.31 Å². The Bertz CT molecular complexity index is 1510. The van der Waals surface area contributed by atoms with E-state index in [1.54, 1.807) is 30.6 Å². The second kappa shape index (κ2) is 11.8. The molecular formula is C32H35Cl2N3O3S. The molecule has 0 radical (unpaired) electrons. The minimum atomic E-state index is -3.67. The largest absolute Gasteiger partial charge is 0.329 e. The lowest BCUT2D eigenvalue weighted by atomic mass is 9.67. The second-order valence-corrected chi connectivity index (χ2v) is 14.3. The third kappa shape index (κ3) is 6.32. The van der Waals surface area contributed by atoms with Crippen molar-refractivity contribution in [2.45, 2.75) is 50.6 Å². The van der Waals surface area contributed by atoms with Gasteiger partial charge in [0, 0.05) is 22.2 Å². The predicted molar refractivity (Wildman–Crippen MR) is 166 cm³/mol. The van der Waals surface area contributed by atoms with Gasteiger partial charge < -0.3 is 4.90 Å². The van der Waals surface area contributed by atoms with Crippen LogP contribution >= 0.6 is 23.2 Å². The molecule has 2 aromatic carbocycles. The average molecular weight is 613 g/mol. The van der Waals surface area contributed by atoms with Gasteiger partial charge in [0.05, 0.1) is 42.2 Å². The Morgan fingerprint density at radius 2 is 1.83 bits per heavy atom. The lowest BCUT2D eigenvalue weighted by Crippen LogP contribution is -2.59. The number of amides is 1. The van der Waals surface area contributed by atoms with Crippen molar-refractivity contribution in [1.82, 2.24) is 9.88 Å². The van der Waals surface area contributed by atoms with Crippen LogP contribution in [0.4, 0.5) is 5.69 Å². The number of halogens is 2. The number of carbonyl (C=O) groups is 1. The molecule has 1 aliphatic heterocycles. The Balaban J connectivity index is 1.69. The maximum Gasteiger partial charge on any atom is 0.232 e. The number of carbonyl (C=O) groups excluding carboxylic acids is 1. The minimum absolute atomic E-state index is 0.00663. The standard InChI is InChI=1S/C32H35Cl2N3O3S/c1-4-16-32(2)19-28(24-7-5-8-26(34)18-24)30(23-12-14-25(33)15-13-23)37(31(32)38)29(22-10-11-22)21-36(41(3,39)40)27-9-6-17-35-20-27/h4-9,12-15,17-18,20,22,28-30H,1,10-11,16,19,21H2,2-3H3/t28-,29-,30-,32+/m1/s1. The van der Waals surface area contributed by atoms with E-state index in [0.29, 0.717) is 28.6 Å². The summed E-state index contributed by atoms with van der Waals surface area (Å²) in [6.45, 7) is 6.11. The molecule has 2 fully saturated rings. The number of anilines is 1. The zero-order chi connectivity index (χ0) is 29.4. The third-order valence-electron chi connectivity index (χ3n) is 8.40. The fourth-order valence-electron chi connectivity index (χ4n) is 6.30. The van der Waals surface area contributed by atoms with Gasteiger partial charge in [0.25, 0.3) is 0 Å². The summed E-state index contributed by atoms with van der Waals surface area (Å²) in [6.07, 6.45) is 9.12. The molecule has 1 saturated heterocycles. The number of rotatable bonds is 10. The average Bonchev–Trinajstić information content (AvgIpc) is 3.77. The molecule has 3 aromatic rings. The van der Waals surface area contributed by atoms with Crippen molar-refractivity contribution < 1.29 is 13.2 Å². The lowest BCUT2D eigenvalue weighted by Gasteiger charge is -2.52. The number of hydrogen-bond acceptors (Lipinski definition) is 4. The van der Waals surface area contributed by atoms with E-state index in [0.717, 1.165) is 24.0 Å². The van der Waals surface area contributed by atoms with Crippen molar-refractivity contribution in [1.29, 1.82) is 0 Å². The first kappa shape index (κ1) is 29.6. The summed E-state index contributed by atoms with van der Waals surface area (Å²) < 4.78 is 27.7. The SMILES string of the molecule is C=CC[C@@]1(C)C[C@H](c2cccc(Cl)c2)[C@@H](c2ccc(Cl)cc2)N([C@H](CN(c2cccnc2)S(C)(=O)=O)C2CC2)C1=O. The Morgan fingerprint density at radius 1 is 1.10 bits per heavy atom. The summed E-state index contributed by atoms with van der Waals surface area (Å²) in [7, 11) is -3.67. The molecule has 1 aliphatic carbocycles. The summed E-state index contributed by atoms with van der Waals surface area (Å²) in [4.78, 5) is 20.9. The summed E-state index contributed by atoms with van der Waals surface area (Å²) in [6, 6.07) is 18.2. The molecule has 1 aromatic heterocycles. The molecule has 0 spiro atoms. The first-order valence-corrected chi connectivity index (χ1v) is 16.4. The Hall–Kier alpha value is -2.87. The summed E-state index contributed by atoms with van der Waals surface area (Å²) in [5.74, 6) is 0.0804. The zero-order valence-corrected chi connectivity index (χ0v) is 25.6. The van der Waals surface area contributed by atoms with E-state index in [9.17, 15) is 13.2 Å².